The molecule has 0 spiro atoms. The zero-order valence-electron chi connectivity index (χ0n) is 25.5. The van der Waals surface area contributed by atoms with Gasteiger partial charge in [0.2, 0.25) is 0 Å². The minimum Gasteiger partial charge on any atom is -0.497 e. The standard InChI is InChI=1S/C34H51NO5/c1-6-37-20-21-38-19-18-35-16-14-29(15-17-35)40-28-12-10-26(11-13-28)27-9-8-25(3)30(22-27)33-31(36)23-34(4,5)24-32(33)39-7-2/h8-12,27-29H,6-7,13-24H2,1-5H3. The zero-order chi connectivity index (χ0) is 28.5. The van der Waals surface area contributed by atoms with Crippen molar-refractivity contribution in [2.75, 3.05) is 52.7 Å². The largest absolute Gasteiger partial charge is 0.497 e. The van der Waals surface area contributed by atoms with Gasteiger partial charge in [-0.05, 0) is 68.6 Å². The van der Waals surface area contributed by atoms with E-state index in [1.807, 2.05) is 13.8 Å². The lowest BCUT2D eigenvalue weighted by Crippen LogP contribution is -2.40. The van der Waals surface area contributed by atoms with Gasteiger partial charge >= 0.3 is 0 Å². The van der Waals surface area contributed by atoms with Crippen LogP contribution in [0.4, 0.5) is 0 Å². The minimum atomic E-state index is -0.0537. The van der Waals surface area contributed by atoms with E-state index in [4.69, 9.17) is 18.9 Å². The van der Waals surface area contributed by atoms with Crippen molar-refractivity contribution in [3.05, 3.63) is 58.4 Å². The van der Waals surface area contributed by atoms with Crippen LogP contribution < -0.4 is 0 Å². The molecule has 40 heavy (non-hydrogen) atoms. The number of likely N-dealkylation sites (tertiary alicyclic amines) is 1. The molecule has 6 heteroatoms. The number of hydrogen-bond donors (Lipinski definition) is 0. The SMILES string of the molecule is CCOCCOCCN1CCC(OC2C=CC(C3C=CC(C)=C(C4=C(OCC)CC(C)(C)CC4=O)C3)=CC2)CC1. The van der Waals surface area contributed by atoms with Gasteiger partial charge in [0.05, 0.1) is 44.2 Å². The van der Waals surface area contributed by atoms with Gasteiger partial charge in [-0.25, -0.2) is 0 Å². The first-order chi connectivity index (χ1) is 19.3. The smallest absolute Gasteiger partial charge is 0.167 e. The van der Waals surface area contributed by atoms with E-state index in [0.717, 1.165) is 81.9 Å². The summed E-state index contributed by atoms with van der Waals surface area (Å²) >= 11 is 0. The lowest BCUT2D eigenvalue weighted by atomic mass is 9.72. The summed E-state index contributed by atoms with van der Waals surface area (Å²) in [6.45, 7) is 17.0. The Balaban J connectivity index is 1.26. The van der Waals surface area contributed by atoms with Crippen molar-refractivity contribution in [1.82, 2.24) is 4.90 Å². The Labute approximate surface area is 242 Å². The molecule has 222 valence electrons. The fourth-order valence-electron chi connectivity index (χ4n) is 6.30. The summed E-state index contributed by atoms with van der Waals surface area (Å²) in [5, 5.41) is 0. The van der Waals surface area contributed by atoms with Gasteiger partial charge in [-0.1, -0.05) is 44.2 Å². The molecular formula is C34H51NO5. The quantitative estimate of drug-likeness (QED) is 0.248. The van der Waals surface area contributed by atoms with Crippen LogP contribution in [0.1, 0.15) is 73.1 Å². The molecule has 0 bridgehead atoms. The number of ether oxygens (including phenoxy) is 4. The monoisotopic (exact) mass is 553 g/mol. The maximum Gasteiger partial charge on any atom is 0.167 e. The Kier molecular flexibility index (Phi) is 11.4. The molecule has 6 nitrogen and oxygen atoms in total. The van der Waals surface area contributed by atoms with Crippen LogP contribution in [0, 0.1) is 11.3 Å². The number of allylic oxidation sites excluding steroid dienone is 8. The Morgan fingerprint density at radius 1 is 0.975 bits per heavy atom. The summed E-state index contributed by atoms with van der Waals surface area (Å²) in [6, 6.07) is 0. The second-order valence-corrected chi connectivity index (χ2v) is 12.3. The maximum atomic E-state index is 13.3. The summed E-state index contributed by atoms with van der Waals surface area (Å²) in [7, 11) is 0. The molecule has 0 aromatic carbocycles. The van der Waals surface area contributed by atoms with Crippen LogP contribution in [0.25, 0.3) is 0 Å². The fourth-order valence-corrected chi connectivity index (χ4v) is 6.30. The predicted molar refractivity (Wildman–Crippen MR) is 160 cm³/mol. The second-order valence-electron chi connectivity index (χ2n) is 12.3. The van der Waals surface area contributed by atoms with Crippen molar-refractivity contribution in [3.8, 4) is 0 Å². The number of rotatable bonds is 13. The number of ketones is 1. The minimum absolute atomic E-state index is 0.0537. The van der Waals surface area contributed by atoms with E-state index in [1.165, 1.54) is 11.1 Å². The van der Waals surface area contributed by atoms with Gasteiger partial charge in [0.15, 0.2) is 5.78 Å². The Hall–Kier alpha value is -1.99. The molecule has 2 atom stereocenters. The van der Waals surface area contributed by atoms with Crippen molar-refractivity contribution in [2.24, 2.45) is 11.3 Å². The van der Waals surface area contributed by atoms with Crippen LogP contribution in [-0.4, -0.2) is 75.6 Å². The molecule has 2 unspecified atom stereocenters. The lowest BCUT2D eigenvalue weighted by molar-refractivity contribution is -0.118. The molecule has 0 aromatic rings. The van der Waals surface area contributed by atoms with Gasteiger partial charge < -0.3 is 23.8 Å². The van der Waals surface area contributed by atoms with Gasteiger partial charge in [0.25, 0.3) is 0 Å². The number of hydrogen-bond acceptors (Lipinski definition) is 6. The molecule has 1 fully saturated rings. The van der Waals surface area contributed by atoms with E-state index >= 15 is 0 Å². The maximum absolute atomic E-state index is 13.3. The summed E-state index contributed by atoms with van der Waals surface area (Å²) in [5.74, 6) is 1.38. The van der Waals surface area contributed by atoms with E-state index in [0.29, 0.717) is 32.3 Å². The van der Waals surface area contributed by atoms with Crippen molar-refractivity contribution < 1.29 is 23.7 Å². The van der Waals surface area contributed by atoms with Crippen LogP contribution in [0.15, 0.2) is 58.4 Å². The molecular weight excluding hydrogens is 502 g/mol. The number of carbonyl (C=O) groups is 1. The van der Waals surface area contributed by atoms with Crippen molar-refractivity contribution in [2.45, 2.75) is 85.4 Å². The number of Topliss-reactive ketones (excluding diaryl/α,β-unsaturated/α-hetero) is 1. The summed E-state index contributed by atoms with van der Waals surface area (Å²) < 4.78 is 23.5. The van der Waals surface area contributed by atoms with Crippen LogP contribution in [0.3, 0.4) is 0 Å². The van der Waals surface area contributed by atoms with Crippen LogP contribution in [0.2, 0.25) is 0 Å². The topological polar surface area (TPSA) is 57.2 Å². The third-order valence-electron chi connectivity index (χ3n) is 8.48. The molecule has 0 radical (unpaired) electrons. The van der Waals surface area contributed by atoms with E-state index in [1.54, 1.807) is 0 Å². The van der Waals surface area contributed by atoms with Gasteiger partial charge in [-0.15, -0.1) is 0 Å². The van der Waals surface area contributed by atoms with Crippen LogP contribution >= 0.6 is 0 Å². The zero-order valence-corrected chi connectivity index (χ0v) is 25.5. The van der Waals surface area contributed by atoms with Gasteiger partial charge in [-0.3, -0.25) is 4.79 Å². The highest BCUT2D eigenvalue weighted by Crippen LogP contribution is 2.43. The van der Waals surface area contributed by atoms with Gasteiger partial charge in [0.1, 0.15) is 5.76 Å². The first-order valence-corrected chi connectivity index (χ1v) is 15.5. The number of carbonyl (C=O) groups excluding carboxylic acids is 1. The molecule has 1 saturated heterocycles. The van der Waals surface area contributed by atoms with Crippen LogP contribution in [-0.2, 0) is 23.7 Å². The van der Waals surface area contributed by atoms with Crippen molar-refractivity contribution in [1.29, 1.82) is 0 Å². The highest BCUT2D eigenvalue weighted by molar-refractivity contribution is 6.01. The van der Waals surface area contributed by atoms with E-state index < -0.39 is 0 Å². The average molecular weight is 554 g/mol. The Bertz CT molecular complexity index is 1020. The van der Waals surface area contributed by atoms with E-state index in [2.05, 4.69) is 56.1 Å². The summed E-state index contributed by atoms with van der Waals surface area (Å²) in [6.07, 6.45) is 17.1. The number of piperidine rings is 1. The second kappa shape index (κ2) is 14.8. The molecule has 4 aliphatic rings. The highest BCUT2D eigenvalue weighted by Gasteiger charge is 2.37. The fraction of sp³-hybridized carbons (Fsp3) is 0.676. The van der Waals surface area contributed by atoms with E-state index in [9.17, 15) is 4.79 Å². The Morgan fingerprint density at radius 3 is 2.45 bits per heavy atom. The molecule has 3 aliphatic carbocycles. The number of nitrogens with zero attached hydrogens (tertiary/aromatic N) is 1. The molecule has 4 rings (SSSR count). The molecule has 0 saturated carbocycles. The van der Waals surface area contributed by atoms with Crippen molar-refractivity contribution in [3.63, 3.8) is 0 Å². The summed E-state index contributed by atoms with van der Waals surface area (Å²) in [4.78, 5) is 15.8. The molecule has 1 aliphatic heterocycles. The van der Waals surface area contributed by atoms with Gasteiger partial charge in [-0.2, -0.15) is 0 Å². The third-order valence-corrected chi connectivity index (χ3v) is 8.48. The molecule has 0 N–H and O–H groups in total. The van der Waals surface area contributed by atoms with E-state index in [-0.39, 0.29) is 23.2 Å². The first-order valence-electron chi connectivity index (χ1n) is 15.5. The van der Waals surface area contributed by atoms with Crippen LogP contribution in [0.5, 0.6) is 0 Å². The molecule has 1 heterocycles. The summed E-state index contributed by atoms with van der Waals surface area (Å²) in [5.41, 5.74) is 4.46. The lowest BCUT2D eigenvalue weighted by Gasteiger charge is -2.35. The average Bonchev–Trinajstić information content (AvgIpc) is 2.92. The van der Waals surface area contributed by atoms with Gasteiger partial charge in [0, 0.05) is 45.0 Å². The molecule has 0 aromatic heterocycles. The normalized spacial score (nSPS) is 26.0. The Morgan fingerprint density at radius 2 is 1.75 bits per heavy atom. The van der Waals surface area contributed by atoms with Crippen molar-refractivity contribution >= 4 is 5.78 Å². The first kappa shape index (κ1) is 31.0. The third kappa shape index (κ3) is 8.51. The predicted octanol–water partition coefficient (Wildman–Crippen LogP) is 6.35. The highest BCUT2D eigenvalue weighted by atomic mass is 16.5. The molecule has 0 amide bonds.